The average Bonchev–Trinajstić information content (AvgIpc) is 2.46. The molecule has 0 aromatic heterocycles. The molecule has 0 aromatic carbocycles. The molecule has 128 valence electrons. The highest BCUT2D eigenvalue weighted by Crippen LogP contribution is 2.19. The van der Waals surface area contributed by atoms with Gasteiger partial charge in [-0.3, -0.25) is 0 Å². The van der Waals surface area contributed by atoms with Gasteiger partial charge in [-0.2, -0.15) is 7.05 Å². The molecular weight excluding hydrogens is 266 g/mol. The van der Waals surface area contributed by atoms with Gasteiger partial charge in [0.1, 0.15) is 0 Å². The van der Waals surface area contributed by atoms with Crippen LogP contribution in [0.25, 0.3) is 0 Å². The van der Waals surface area contributed by atoms with Crippen LogP contribution in [-0.2, 0) is 0 Å². The van der Waals surface area contributed by atoms with Gasteiger partial charge in [-0.25, -0.2) is 0 Å². The summed E-state index contributed by atoms with van der Waals surface area (Å²) >= 11 is 0. The molecule has 2 unspecified atom stereocenters. The zero-order chi connectivity index (χ0) is 17.0. The second-order valence-electron chi connectivity index (χ2n) is 7.36. The number of quaternary nitrogens is 1. The lowest BCUT2D eigenvalue weighted by Gasteiger charge is -2.26. The van der Waals surface area contributed by atoms with Crippen molar-refractivity contribution in [3.05, 3.63) is 43.0 Å². The van der Waals surface area contributed by atoms with Crippen molar-refractivity contribution >= 4 is 0 Å². The molecule has 0 rings (SSSR count). The minimum Gasteiger partial charge on any atom is -0.471 e. The Labute approximate surface area is 140 Å². The van der Waals surface area contributed by atoms with Gasteiger partial charge in [0.05, 0.1) is 5.54 Å². The molecule has 0 aliphatic heterocycles. The summed E-state index contributed by atoms with van der Waals surface area (Å²) in [6.07, 6.45) is 15.5. The van der Waals surface area contributed by atoms with Gasteiger partial charge in [-0.15, -0.1) is 0 Å². The molecule has 2 N–H and O–H groups in total. The first kappa shape index (κ1) is 21.2. The Hall–Kier alpha value is -0.820. The van der Waals surface area contributed by atoms with Crippen molar-refractivity contribution in [3.63, 3.8) is 0 Å². The number of rotatable bonds is 12. The maximum absolute atomic E-state index is 3.92. The van der Waals surface area contributed by atoms with E-state index in [9.17, 15) is 0 Å². The lowest BCUT2D eigenvalue weighted by Crippen LogP contribution is -2.89. The molecule has 1 heteroatoms. The van der Waals surface area contributed by atoms with Crippen LogP contribution >= 0.6 is 0 Å². The first-order valence-corrected chi connectivity index (χ1v) is 8.89. The summed E-state index contributed by atoms with van der Waals surface area (Å²) in [4.78, 5) is 0. The van der Waals surface area contributed by atoms with Crippen LogP contribution in [0.15, 0.2) is 36.0 Å². The van der Waals surface area contributed by atoms with Gasteiger partial charge < -0.3 is 5.32 Å². The maximum atomic E-state index is 3.92. The zero-order valence-corrected chi connectivity index (χ0v) is 15.8. The van der Waals surface area contributed by atoms with Crippen LogP contribution in [-0.4, -0.2) is 5.54 Å². The van der Waals surface area contributed by atoms with E-state index in [2.05, 4.69) is 60.4 Å². The van der Waals surface area contributed by atoms with E-state index in [1.54, 1.807) is 0 Å². The predicted octanol–water partition coefficient (Wildman–Crippen LogP) is 5.57. The van der Waals surface area contributed by atoms with Gasteiger partial charge in [-0.05, 0) is 71.8 Å². The normalized spacial score (nSPS) is 16.0. The van der Waals surface area contributed by atoms with Gasteiger partial charge in [0, 0.05) is 6.42 Å². The highest BCUT2D eigenvalue weighted by atomic mass is 14.9. The SMILES string of the molecule is C=CC(C)(CCCC(C)CCC=C(C)CCC=C(C)C)[NH2+][CH2-]. The molecule has 0 saturated carbocycles. The van der Waals surface area contributed by atoms with E-state index in [0.717, 1.165) is 5.92 Å². The lowest BCUT2D eigenvalue weighted by atomic mass is 9.91. The fourth-order valence-corrected chi connectivity index (χ4v) is 2.57. The van der Waals surface area contributed by atoms with Crippen molar-refractivity contribution in [3.8, 4) is 0 Å². The summed E-state index contributed by atoms with van der Waals surface area (Å²) in [6.45, 7) is 15.1. The molecule has 0 aromatic rings. The van der Waals surface area contributed by atoms with Crippen LogP contribution in [0.2, 0.25) is 0 Å². The Kier molecular flexibility index (Phi) is 11.3. The van der Waals surface area contributed by atoms with E-state index < -0.39 is 0 Å². The topological polar surface area (TPSA) is 16.6 Å². The van der Waals surface area contributed by atoms with Crippen LogP contribution in [0.4, 0.5) is 0 Å². The van der Waals surface area contributed by atoms with Crippen molar-refractivity contribution in [2.45, 2.75) is 85.1 Å². The summed E-state index contributed by atoms with van der Waals surface area (Å²) in [5, 5.41) is 2.03. The van der Waals surface area contributed by atoms with E-state index in [4.69, 9.17) is 0 Å². The Morgan fingerprint density at radius 3 is 2.41 bits per heavy atom. The summed E-state index contributed by atoms with van der Waals surface area (Å²) in [7, 11) is 3.92. The molecule has 0 aliphatic carbocycles. The molecule has 1 nitrogen and oxygen atoms in total. The van der Waals surface area contributed by atoms with E-state index in [1.807, 2.05) is 11.4 Å². The van der Waals surface area contributed by atoms with Crippen molar-refractivity contribution < 1.29 is 5.32 Å². The van der Waals surface area contributed by atoms with E-state index in [-0.39, 0.29) is 5.54 Å². The van der Waals surface area contributed by atoms with E-state index in [1.165, 1.54) is 56.1 Å². The number of hydrogen-bond acceptors (Lipinski definition) is 0. The van der Waals surface area contributed by atoms with Gasteiger partial charge in [0.15, 0.2) is 0 Å². The molecule has 0 amide bonds. The Morgan fingerprint density at radius 2 is 1.86 bits per heavy atom. The third-order valence-corrected chi connectivity index (χ3v) is 4.59. The van der Waals surface area contributed by atoms with Crippen molar-refractivity contribution in [1.82, 2.24) is 0 Å². The van der Waals surface area contributed by atoms with E-state index >= 15 is 0 Å². The lowest BCUT2D eigenvalue weighted by molar-refractivity contribution is -0.660. The maximum Gasteiger partial charge on any atom is 0.0877 e. The molecule has 0 heterocycles. The summed E-state index contributed by atoms with van der Waals surface area (Å²) < 4.78 is 0. The zero-order valence-electron chi connectivity index (χ0n) is 15.8. The fraction of sp³-hybridized carbons (Fsp3) is 0.667. The van der Waals surface area contributed by atoms with Crippen LogP contribution in [0, 0.1) is 13.0 Å². The Bertz CT molecular complexity index is 360. The summed E-state index contributed by atoms with van der Waals surface area (Å²) in [5.41, 5.74) is 3.07. The minimum atomic E-state index is 0.112. The average molecular weight is 306 g/mol. The molecule has 0 radical (unpaired) electrons. The number of allylic oxidation sites excluding steroid dienone is 4. The summed E-state index contributed by atoms with van der Waals surface area (Å²) in [6, 6.07) is 0. The smallest absolute Gasteiger partial charge is 0.0877 e. The molecule has 0 spiro atoms. The van der Waals surface area contributed by atoms with Gasteiger partial charge in [0.2, 0.25) is 0 Å². The molecule has 0 fully saturated rings. The number of hydrogen-bond donors (Lipinski definition) is 1. The standard InChI is InChI=1S/C21H39N/c1-8-21(6,22-7)17-11-16-20(5)15-10-14-19(4)13-9-12-18(2)3/h8,12,14,20H,1,7,9-11,13,15-17,22H2,2-6H3. The third kappa shape index (κ3) is 10.8. The molecule has 0 saturated heterocycles. The highest BCUT2D eigenvalue weighted by molar-refractivity contribution is 5.02. The van der Waals surface area contributed by atoms with Crippen molar-refractivity contribution in [2.75, 3.05) is 0 Å². The first-order chi connectivity index (χ1) is 10.3. The van der Waals surface area contributed by atoms with Crippen molar-refractivity contribution in [2.24, 2.45) is 5.92 Å². The van der Waals surface area contributed by atoms with Crippen LogP contribution in [0.5, 0.6) is 0 Å². The Balaban J connectivity index is 3.87. The predicted molar refractivity (Wildman–Crippen MR) is 101 cm³/mol. The first-order valence-electron chi connectivity index (χ1n) is 8.89. The highest BCUT2D eigenvalue weighted by Gasteiger charge is 2.18. The van der Waals surface area contributed by atoms with Gasteiger partial charge >= 0.3 is 0 Å². The fourth-order valence-electron chi connectivity index (χ4n) is 2.57. The van der Waals surface area contributed by atoms with E-state index in [0.29, 0.717) is 0 Å². The van der Waals surface area contributed by atoms with Crippen LogP contribution < -0.4 is 5.32 Å². The molecule has 0 bridgehead atoms. The van der Waals surface area contributed by atoms with Gasteiger partial charge in [-0.1, -0.05) is 43.2 Å². The molecule has 22 heavy (non-hydrogen) atoms. The van der Waals surface area contributed by atoms with Crippen LogP contribution in [0.1, 0.15) is 79.6 Å². The second-order valence-corrected chi connectivity index (χ2v) is 7.36. The molecule has 2 atom stereocenters. The summed E-state index contributed by atoms with van der Waals surface area (Å²) in [5.74, 6) is 0.806. The van der Waals surface area contributed by atoms with Crippen LogP contribution in [0.3, 0.4) is 0 Å². The quantitative estimate of drug-likeness (QED) is 0.359. The molecular formula is C21H39N. The Morgan fingerprint density at radius 1 is 1.18 bits per heavy atom. The van der Waals surface area contributed by atoms with Gasteiger partial charge in [0.25, 0.3) is 0 Å². The minimum absolute atomic E-state index is 0.112. The third-order valence-electron chi connectivity index (χ3n) is 4.59. The van der Waals surface area contributed by atoms with Crippen molar-refractivity contribution in [1.29, 1.82) is 0 Å². The number of nitrogens with two attached hydrogens (primary N) is 1. The second kappa shape index (κ2) is 11.7. The largest absolute Gasteiger partial charge is 0.471 e. The molecule has 0 aliphatic rings. The monoisotopic (exact) mass is 305 g/mol.